The van der Waals surface area contributed by atoms with Gasteiger partial charge in [0.1, 0.15) is 0 Å². The predicted octanol–water partition coefficient (Wildman–Crippen LogP) is 6.24. The Balaban J connectivity index is 1.79. The van der Waals surface area contributed by atoms with E-state index in [1.165, 1.54) is 12.1 Å². The van der Waals surface area contributed by atoms with E-state index in [0.717, 1.165) is 4.47 Å². The van der Waals surface area contributed by atoms with Crippen LogP contribution in [0.1, 0.15) is 0 Å². The lowest BCUT2D eigenvalue weighted by Gasteiger charge is -2.14. The first kappa shape index (κ1) is 20.9. The summed E-state index contributed by atoms with van der Waals surface area (Å²) in [7, 11) is -3.90. The Labute approximate surface area is 191 Å². The zero-order chi connectivity index (χ0) is 21.3. The van der Waals surface area contributed by atoms with Crippen LogP contribution in [0.4, 0.5) is 17.3 Å². The molecule has 3 aromatic carbocycles. The van der Waals surface area contributed by atoms with Crippen molar-refractivity contribution in [3.8, 4) is 0 Å². The highest BCUT2D eigenvalue weighted by molar-refractivity contribution is 9.10. The fourth-order valence-corrected chi connectivity index (χ4v) is 4.52. The van der Waals surface area contributed by atoms with Crippen molar-refractivity contribution < 1.29 is 8.42 Å². The molecule has 0 amide bonds. The van der Waals surface area contributed by atoms with Crippen molar-refractivity contribution in [1.29, 1.82) is 0 Å². The fourth-order valence-electron chi connectivity index (χ4n) is 2.72. The van der Waals surface area contributed by atoms with Crippen LogP contribution in [0.5, 0.6) is 0 Å². The van der Waals surface area contributed by atoms with E-state index in [1.54, 1.807) is 48.5 Å². The highest BCUT2D eigenvalue weighted by Gasteiger charge is 2.19. The van der Waals surface area contributed by atoms with Gasteiger partial charge in [0.05, 0.1) is 15.9 Å². The lowest BCUT2D eigenvalue weighted by molar-refractivity contribution is 0.601. The number of fused-ring (bicyclic) bond motifs is 1. The standard InChI is InChI=1S/C20H13BrCl2N4O2S/c21-12-5-7-16(8-6-12)30(28,29)27-20-19(24-15-10-13(22)9-14(23)11-15)25-17-3-1-2-4-18(17)26-20/h1-11H,(H,24,25)(H,26,27). The van der Waals surface area contributed by atoms with E-state index in [-0.39, 0.29) is 16.5 Å². The van der Waals surface area contributed by atoms with Gasteiger partial charge < -0.3 is 5.32 Å². The molecule has 0 fully saturated rings. The number of nitrogens with one attached hydrogen (secondary N) is 2. The van der Waals surface area contributed by atoms with E-state index in [4.69, 9.17) is 23.2 Å². The van der Waals surface area contributed by atoms with E-state index < -0.39 is 10.0 Å². The molecule has 6 nitrogen and oxygen atoms in total. The summed E-state index contributed by atoms with van der Waals surface area (Å²) in [4.78, 5) is 9.08. The molecular weight excluding hydrogens is 511 g/mol. The number of nitrogens with zero attached hydrogens (tertiary/aromatic N) is 2. The van der Waals surface area contributed by atoms with Gasteiger partial charge >= 0.3 is 0 Å². The SMILES string of the molecule is O=S(=O)(Nc1nc2ccccc2nc1Nc1cc(Cl)cc(Cl)c1)c1ccc(Br)cc1. The zero-order valence-electron chi connectivity index (χ0n) is 15.1. The van der Waals surface area contributed by atoms with Crippen LogP contribution >= 0.6 is 39.1 Å². The third-order valence-electron chi connectivity index (χ3n) is 4.05. The van der Waals surface area contributed by atoms with Gasteiger partial charge in [0.15, 0.2) is 11.6 Å². The maximum atomic E-state index is 12.9. The average Bonchev–Trinajstić information content (AvgIpc) is 2.68. The summed E-state index contributed by atoms with van der Waals surface area (Å²) in [5.41, 5.74) is 1.68. The molecule has 10 heteroatoms. The number of para-hydroxylation sites is 2. The van der Waals surface area contributed by atoms with Crippen LogP contribution in [0.2, 0.25) is 10.0 Å². The maximum Gasteiger partial charge on any atom is 0.263 e. The third-order valence-corrected chi connectivity index (χ3v) is 6.37. The lowest BCUT2D eigenvalue weighted by atomic mass is 10.3. The van der Waals surface area contributed by atoms with E-state index in [1.807, 2.05) is 6.07 Å². The Morgan fingerprint density at radius 2 is 1.37 bits per heavy atom. The Morgan fingerprint density at radius 1 is 0.800 bits per heavy atom. The van der Waals surface area contributed by atoms with Crippen LogP contribution < -0.4 is 10.0 Å². The number of benzene rings is 3. The minimum absolute atomic E-state index is 0.0488. The first-order chi connectivity index (χ1) is 14.3. The molecule has 0 aliphatic carbocycles. The van der Waals surface area contributed by atoms with Gasteiger partial charge in [-0.2, -0.15) is 0 Å². The van der Waals surface area contributed by atoms with E-state index in [0.29, 0.717) is 26.8 Å². The van der Waals surface area contributed by atoms with Crippen molar-refractivity contribution in [3.05, 3.63) is 81.2 Å². The summed E-state index contributed by atoms with van der Waals surface area (Å²) in [6.45, 7) is 0. The van der Waals surface area contributed by atoms with Gasteiger partial charge in [0.25, 0.3) is 10.0 Å². The van der Waals surface area contributed by atoms with Crippen LogP contribution in [0.3, 0.4) is 0 Å². The lowest BCUT2D eigenvalue weighted by Crippen LogP contribution is -2.16. The monoisotopic (exact) mass is 522 g/mol. The van der Waals surface area contributed by atoms with Crippen LogP contribution in [0.15, 0.2) is 76.1 Å². The Hall–Kier alpha value is -2.39. The second-order valence-corrected chi connectivity index (χ2v) is 9.72. The van der Waals surface area contributed by atoms with Gasteiger partial charge in [0.2, 0.25) is 0 Å². The molecule has 30 heavy (non-hydrogen) atoms. The zero-order valence-corrected chi connectivity index (χ0v) is 19.0. The number of rotatable bonds is 5. The van der Waals surface area contributed by atoms with Gasteiger partial charge in [-0.05, 0) is 54.6 Å². The van der Waals surface area contributed by atoms with E-state index >= 15 is 0 Å². The van der Waals surface area contributed by atoms with Gasteiger partial charge in [-0.1, -0.05) is 51.3 Å². The Morgan fingerprint density at radius 3 is 1.97 bits per heavy atom. The molecule has 0 atom stereocenters. The largest absolute Gasteiger partial charge is 0.337 e. The molecule has 0 saturated carbocycles. The van der Waals surface area contributed by atoms with Crippen molar-refractivity contribution in [2.45, 2.75) is 4.90 Å². The van der Waals surface area contributed by atoms with Crippen LogP contribution in [-0.4, -0.2) is 18.4 Å². The predicted molar refractivity (Wildman–Crippen MR) is 124 cm³/mol. The molecule has 4 rings (SSSR count). The molecule has 0 aliphatic heterocycles. The summed E-state index contributed by atoms with van der Waals surface area (Å²) in [5, 5.41) is 3.91. The average molecular weight is 524 g/mol. The Bertz CT molecular complexity index is 1330. The summed E-state index contributed by atoms with van der Waals surface area (Å²) in [6, 6.07) is 18.3. The Kier molecular flexibility index (Phi) is 5.84. The van der Waals surface area contributed by atoms with Gasteiger partial charge in [-0.25, -0.2) is 18.4 Å². The van der Waals surface area contributed by atoms with Crippen LogP contribution in [-0.2, 0) is 10.0 Å². The number of sulfonamides is 1. The molecule has 1 heterocycles. The minimum atomic E-state index is -3.90. The molecular formula is C20H13BrCl2N4O2S. The smallest absolute Gasteiger partial charge is 0.263 e. The van der Waals surface area contributed by atoms with Crippen LogP contribution in [0.25, 0.3) is 11.0 Å². The molecule has 2 N–H and O–H groups in total. The molecule has 0 spiro atoms. The fraction of sp³-hybridized carbons (Fsp3) is 0. The minimum Gasteiger partial charge on any atom is -0.337 e. The third kappa shape index (κ3) is 4.67. The van der Waals surface area contributed by atoms with Crippen molar-refractivity contribution >= 4 is 77.5 Å². The second kappa shape index (κ2) is 8.39. The number of halogens is 3. The van der Waals surface area contributed by atoms with Crippen molar-refractivity contribution in [2.24, 2.45) is 0 Å². The summed E-state index contributed by atoms with van der Waals surface area (Å²) in [6.07, 6.45) is 0. The summed E-state index contributed by atoms with van der Waals surface area (Å²) < 4.78 is 29.1. The van der Waals surface area contributed by atoms with E-state index in [9.17, 15) is 8.42 Å². The maximum absolute atomic E-state index is 12.9. The van der Waals surface area contributed by atoms with Crippen molar-refractivity contribution in [3.63, 3.8) is 0 Å². The molecule has 4 aromatic rings. The van der Waals surface area contributed by atoms with Gasteiger partial charge in [-0.15, -0.1) is 0 Å². The highest BCUT2D eigenvalue weighted by Crippen LogP contribution is 2.30. The second-order valence-electron chi connectivity index (χ2n) is 6.25. The number of aromatic nitrogens is 2. The van der Waals surface area contributed by atoms with Crippen LogP contribution in [0, 0.1) is 0 Å². The summed E-state index contributed by atoms with van der Waals surface area (Å²) >= 11 is 15.4. The van der Waals surface area contributed by atoms with Gasteiger partial charge in [-0.3, -0.25) is 4.72 Å². The highest BCUT2D eigenvalue weighted by atomic mass is 79.9. The first-order valence-corrected chi connectivity index (χ1v) is 11.6. The topological polar surface area (TPSA) is 84.0 Å². The molecule has 0 aliphatic rings. The molecule has 0 bridgehead atoms. The number of hydrogen-bond acceptors (Lipinski definition) is 5. The molecule has 0 saturated heterocycles. The first-order valence-electron chi connectivity index (χ1n) is 8.58. The molecule has 152 valence electrons. The molecule has 0 unspecified atom stereocenters. The summed E-state index contributed by atoms with van der Waals surface area (Å²) in [5.74, 6) is 0.264. The quantitative estimate of drug-likeness (QED) is 0.323. The number of anilines is 3. The van der Waals surface area contributed by atoms with Gasteiger partial charge in [0, 0.05) is 20.2 Å². The molecule has 1 aromatic heterocycles. The van der Waals surface area contributed by atoms with E-state index in [2.05, 4.69) is 35.9 Å². The van der Waals surface area contributed by atoms with Crippen molar-refractivity contribution in [2.75, 3.05) is 10.0 Å². The van der Waals surface area contributed by atoms with Crippen molar-refractivity contribution in [1.82, 2.24) is 9.97 Å². The molecule has 0 radical (unpaired) electrons. The normalized spacial score (nSPS) is 11.4. The number of hydrogen-bond donors (Lipinski definition) is 2.